The van der Waals surface area contributed by atoms with Crippen LogP contribution in [0.3, 0.4) is 0 Å². The largest absolute Gasteiger partial charge is 0.365 e. The Bertz CT molecular complexity index is 476. The molecular formula is C11H14N4S. The van der Waals surface area contributed by atoms with Gasteiger partial charge in [0, 0.05) is 12.6 Å². The van der Waals surface area contributed by atoms with Crippen molar-refractivity contribution in [1.82, 2.24) is 15.3 Å². The second kappa shape index (κ2) is 4.35. The molecule has 0 aromatic carbocycles. The summed E-state index contributed by atoms with van der Waals surface area (Å²) in [7, 11) is 0. The first-order chi connectivity index (χ1) is 7.93. The minimum atomic E-state index is 0.492. The molecule has 4 nitrogen and oxygen atoms in total. The van der Waals surface area contributed by atoms with Crippen LogP contribution in [0.5, 0.6) is 0 Å². The van der Waals surface area contributed by atoms with E-state index in [1.165, 1.54) is 12.8 Å². The second-order valence-electron chi connectivity index (χ2n) is 4.05. The summed E-state index contributed by atoms with van der Waals surface area (Å²) >= 11 is 1.66. The van der Waals surface area contributed by atoms with Crippen LogP contribution in [0.4, 0.5) is 5.82 Å². The van der Waals surface area contributed by atoms with Crippen molar-refractivity contribution in [2.24, 2.45) is 0 Å². The number of piperidine rings is 1. The number of aromatic nitrogens is 2. The number of rotatable bonds is 2. The van der Waals surface area contributed by atoms with E-state index in [9.17, 15) is 0 Å². The van der Waals surface area contributed by atoms with Gasteiger partial charge in [0.05, 0.1) is 5.39 Å². The summed E-state index contributed by atoms with van der Waals surface area (Å²) in [6.45, 7) is 2.16. The van der Waals surface area contributed by atoms with Gasteiger partial charge in [0.25, 0.3) is 0 Å². The van der Waals surface area contributed by atoms with Crippen LogP contribution in [0.15, 0.2) is 17.8 Å². The molecule has 1 aliphatic heterocycles. The third-order valence-electron chi connectivity index (χ3n) is 2.90. The van der Waals surface area contributed by atoms with Gasteiger partial charge in [-0.05, 0) is 30.8 Å². The molecule has 1 aliphatic rings. The first-order valence-corrected chi connectivity index (χ1v) is 6.47. The van der Waals surface area contributed by atoms with Crippen molar-refractivity contribution in [3.8, 4) is 0 Å². The molecule has 0 saturated carbocycles. The van der Waals surface area contributed by atoms with Gasteiger partial charge < -0.3 is 10.6 Å². The molecule has 0 unspecified atom stereocenters. The smallest absolute Gasteiger partial charge is 0.138 e. The minimum absolute atomic E-state index is 0.492. The number of thiophene rings is 1. The van der Waals surface area contributed by atoms with Gasteiger partial charge in [-0.3, -0.25) is 0 Å². The lowest BCUT2D eigenvalue weighted by Gasteiger charge is -2.24. The summed E-state index contributed by atoms with van der Waals surface area (Å²) in [5.74, 6) is 0.972. The fourth-order valence-electron chi connectivity index (χ4n) is 2.07. The van der Waals surface area contributed by atoms with E-state index in [1.54, 1.807) is 17.7 Å². The normalized spacial score (nSPS) is 21.1. The van der Waals surface area contributed by atoms with Crippen molar-refractivity contribution >= 4 is 27.4 Å². The molecule has 5 heteroatoms. The van der Waals surface area contributed by atoms with Gasteiger partial charge >= 0.3 is 0 Å². The first-order valence-electron chi connectivity index (χ1n) is 5.59. The summed E-state index contributed by atoms with van der Waals surface area (Å²) in [5.41, 5.74) is 0. The standard InChI is InChI=1S/C11H14N4S/c1-2-8(6-12-4-1)15-10-9-3-5-16-11(9)14-7-13-10/h3,5,7-8,12H,1-2,4,6H2,(H,13,14,15)/t8-/m1/s1. The van der Waals surface area contributed by atoms with Crippen LogP contribution in [0.2, 0.25) is 0 Å². The van der Waals surface area contributed by atoms with Crippen LogP contribution < -0.4 is 10.6 Å². The summed E-state index contributed by atoms with van der Waals surface area (Å²) in [6.07, 6.45) is 4.08. The van der Waals surface area contributed by atoms with Crippen LogP contribution in [-0.4, -0.2) is 29.1 Å². The molecule has 84 valence electrons. The molecule has 2 N–H and O–H groups in total. The van der Waals surface area contributed by atoms with Crippen molar-refractivity contribution in [3.63, 3.8) is 0 Å². The number of nitrogens with zero attached hydrogens (tertiary/aromatic N) is 2. The first kappa shape index (κ1) is 9.99. The number of hydrogen-bond donors (Lipinski definition) is 2. The maximum absolute atomic E-state index is 4.33. The third-order valence-corrected chi connectivity index (χ3v) is 3.72. The van der Waals surface area contributed by atoms with E-state index in [2.05, 4.69) is 32.0 Å². The predicted octanol–water partition coefficient (Wildman–Crippen LogP) is 1.86. The molecule has 0 radical (unpaired) electrons. The third kappa shape index (κ3) is 1.88. The Kier molecular flexibility index (Phi) is 2.71. The summed E-state index contributed by atoms with van der Waals surface area (Å²) < 4.78 is 0. The molecule has 1 fully saturated rings. The lowest BCUT2D eigenvalue weighted by atomic mass is 10.1. The van der Waals surface area contributed by atoms with Crippen molar-refractivity contribution in [2.45, 2.75) is 18.9 Å². The van der Waals surface area contributed by atoms with E-state index in [1.807, 2.05) is 0 Å². The number of nitrogens with one attached hydrogen (secondary N) is 2. The Labute approximate surface area is 98.1 Å². The Morgan fingerprint density at radius 2 is 2.44 bits per heavy atom. The van der Waals surface area contributed by atoms with Crippen molar-refractivity contribution in [3.05, 3.63) is 17.8 Å². The van der Waals surface area contributed by atoms with Crippen molar-refractivity contribution in [1.29, 1.82) is 0 Å². The molecule has 0 amide bonds. The van der Waals surface area contributed by atoms with E-state index in [-0.39, 0.29) is 0 Å². The molecule has 1 saturated heterocycles. The Morgan fingerprint density at radius 3 is 3.31 bits per heavy atom. The lowest BCUT2D eigenvalue weighted by molar-refractivity contribution is 0.479. The lowest BCUT2D eigenvalue weighted by Crippen LogP contribution is -2.38. The molecule has 1 atom stereocenters. The average molecular weight is 234 g/mol. The van der Waals surface area contributed by atoms with Gasteiger partial charge in [-0.15, -0.1) is 11.3 Å². The highest BCUT2D eigenvalue weighted by molar-refractivity contribution is 7.16. The van der Waals surface area contributed by atoms with Crippen LogP contribution in [0, 0.1) is 0 Å². The predicted molar refractivity (Wildman–Crippen MR) is 66.9 cm³/mol. The monoisotopic (exact) mass is 234 g/mol. The Balaban J connectivity index is 1.85. The second-order valence-corrected chi connectivity index (χ2v) is 4.94. The molecule has 2 aromatic heterocycles. The fourth-order valence-corrected chi connectivity index (χ4v) is 2.81. The number of fused-ring (bicyclic) bond motifs is 1. The van der Waals surface area contributed by atoms with Gasteiger partial charge in [0.2, 0.25) is 0 Å². The van der Waals surface area contributed by atoms with Gasteiger partial charge in [-0.2, -0.15) is 0 Å². The molecule has 0 bridgehead atoms. The molecule has 0 aliphatic carbocycles. The number of hydrogen-bond acceptors (Lipinski definition) is 5. The topological polar surface area (TPSA) is 49.8 Å². The molecule has 0 spiro atoms. The highest BCUT2D eigenvalue weighted by Gasteiger charge is 2.14. The Morgan fingerprint density at radius 1 is 1.44 bits per heavy atom. The van der Waals surface area contributed by atoms with E-state index in [4.69, 9.17) is 0 Å². The quantitative estimate of drug-likeness (QED) is 0.832. The molecule has 2 aromatic rings. The zero-order chi connectivity index (χ0) is 10.8. The molecule has 3 rings (SSSR count). The molecule has 16 heavy (non-hydrogen) atoms. The zero-order valence-corrected chi connectivity index (χ0v) is 9.76. The van der Waals surface area contributed by atoms with Crippen LogP contribution in [0.25, 0.3) is 10.2 Å². The Hall–Kier alpha value is -1.20. The van der Waals surface area contributed by atoms with Gasteiger partial charge in [0.1, 0.15) is 17.0 Å². The summed E-state index contributed by atoms with van der Waals surface area (Å²) in [5, 5.41) is 10.1. The average Bonchev–Trinajstić information content (AvgIpc) is 2.80. The SMILES string of the molecule is c1nc(N[C@@H]2CCCNC2)c2ccsc2n1. The van der Waals surface area contributed by atoms with Crippen LogP contribution in [-0.2, 0) is 0 Å². The van der Waals surface area contributed by atoms with Gasteiger partial charge in [-0.25, -0.2) is 9.97 Å². The summed E-state index contributed by atoms with van der Waals surface area (Å²) in [4.78, 5) is 9.63. The van der Waals surface area contributed by atoms with E-state index in [0.717, 1.165) is 29.1 Å². The van der Waals surface area contributed by atoms with Crippen LogP contribution >= 0.6 is 11.3 Å². The van der Waals surface area contributed by atoms with E-state index in [0.29, 0.717) is 6.04 Å². The van der Waals surface area contributed by atoms with Crippen LogP contribution in [0.1, 0.15) is 12.8 Å². The van der Waals surface area contributed by atoms with Crippen molar-refractivity contribution < 1.29 is 0 Å². The fraction of sp³-hybridized carbons (Fsp3) is 0.455. The molecular weight excluding hydrogens is 220 g/mol. The maximum Gasteiger partial charge on any atom is 0.138 e. The molecule has 3 heterocycles. The van der Waals surface area contributed by atoms with Crippen molar-refractivity contribution in [2.75, 3.05) is 18.4 Å². The zero-order valence-electron chi connectivity index (χ0n) is 8.94. The summed E-state index contributed by atoms with van der Waals surface area (Å²) in [6, 6.07) is 2.57. The minimum Gasteiger partial charge on any atom is -0.365 e. The van der Waals surface area contributed by atoms with E-state index < -0.39 is 0 Å². The highest BCUT2D eigenvalue weighted by atomic mass is 32.1. The van der Waals surface area contributed by atoms with Gasteiger partial charge in [0.15, 0.2) is 0 Å². The number of anilines is 1. The highest BCUT2D eigenvalue weighted by Crippen LogP contribution is 2.24. The maximum atomic E-state index is 4.33. The van der Waals surface area contributed by atoms with E-state index >= 15 is 0 Å². The van der Waals surface area contributed by atoms with Gasteiger partial charge in [-0.1, -0.05) is 0 Å².